The van der Waals surface area contributed by atoms with Gasteiger partial charge in [0.1, 0.15) is 5.82 Å². The molecule has 0 amide bonds. The average Bonchev–Trinajstić information content (AvgIpc) is 2.16. The van der Waals surface area contributed by atoms with Gasteiger partial charge in [0.05, 0.1) is 5.56 Å². The lowest BCUT2D eigenvalue weighted by Crippen LogP contribution is -2.11. The van der Waals surface area contributed by atoms with Gasteiger partial charge in [0.25, 0.3) is 0 Å². The van der Waals surface area contributed by atoms with E-state index in [9.17, 15) is 9.18 Å². The topological polar surface area (TPSA) is 63.3 Å². The van der Waals surface area contributed by atoms with Gasteiger partial charge in [-0.05, 0) is 18.6 Å². The number of carboxylic acids is 1. The lowest BCUT2D eigenvalue weighted by molar-refractivity contribution is 0.0696. The third-order valence-corrected chi connectivity index (χ3v) is 2.09. The number of hydrogen-bond donors (Lipinski definition) is 2. The maximum atomic E-state index is 13.3. The van der Waals surface area contributed by atoms with E-state index in [1.165, 1.54) is 12.1 Å². The zero-order valence-corrected chi connectivity index (χ0v) is 7.83. The van der Waals surface area contributed by atoms with Gasteiger partial charge in [-0.25, -0.2) is 9.18 Å². The lowest BCUT2D eigenvalue weighted by atomic mass is 10.0. The third-order valence-electron chi connectivity index (χ3n) is 2.09. The van der Waals surface area contributed by atoms with E-state index in [1.54, 1.807) is 0 Å². The Bertz CT molecular complexity index is 352. The van der Waals surface area contributed by atoms with Crippen molar-refractivity contribution in [3.05, 3.63) is 35.1 Å². The van der Waals surface area contributed by atoms with Gasteiger partial charge >= 0.3 is 5.97 Å². The smallest absolute Gasteiger partial charge is 0.335 e. The van der Waals surface area contributed by atoms with E-state index in [0.29, 0.717) is 12.0 Å². The van der Waals surface area contributed by atoms with Crippen molar-refractivity contribution in [3.63, 3.8) is 0 Å². The van der Waals surface area contributed by atoms with Crippen molar-refractivity contribution in [2.75, 3.05) is 0 Å². The highest BCUT2D eigenvalue weighted by Gasteiger charge is 2.12. The van der Waals surface area contributed by atoms with Gasteiger partial charge in [0, 0.05) is 11.6 Å². The largest absolute Gasteiger partial charge is 0.478 e. The molecule has 4 heteroatoms. The van der Waals surface area contributed by atoms with Gasteiger partial charge in [-0.1, -0.05) is 13.0 Å². The van der Waals surface area contributed by atoms with E-state index in [1.807, 2.05) is 6.92 Å². The van der Waals surface area contributed by atoms with Crippen LogP contribution in [0.15, 0.2) is 18.2 Å². The van der Waals surface area contributed by atoms with Crippen molar-refractivity contribution >= 4 is 5.97 Å². The molecule has 1 aromatic carbocycles. The molecule has 0 aliphatic carbocycles. The van der Waals surface area contributed by atoms with Gasteiger partial charge in [-0.2, -0.15) is 0 Å². The Morgan fingerprint density at radius 2 is 2.29 bits per heavy atom. The van der Waals surface area contributed by atoms with E-state index >= 15 is 0 Å². The normalized spacial score (nSPS) is 12.5. The zero-order chi connectivity index (χ0) is 10.7. The Hall–Kier alpha value is -1.42. The zero-order valence-electron chi connectivity index (χ0n) is 7.83. The number of halogens is 1. The molecule has 0 saturated heterocycles. The quantitative estimate of drug-likeness (QED) is 0.778. The molecule has 1 unspecified atom stereocenters. The molecule has 0 saturated carbocycles. The first kappa shape index (κ1) is 10.7. The third kappa shape index (κ3) is 2.09. The van der Waals surface area contributed by atoms with Crippen LogP contribution in [-0.2, 0) is 0 Å². The van der Waals surface area contributed by atoms with Crippen LogP contribution in [0.3, 0.4) is 0 Å². The minimum atomic E-state index is -1.14. The molecule has 0 fully saturated rings. The molecule has 76 valence electrons. The Morgan fingerprint density at radius 3 is 2.71 bits per heavy atom. The molecule has 14 heavy (non-hydrogen) atoms. The molecule has 0 bridgehead atoms. The summed E-state index contributed by atoms with van der Waals surface area (Å²) in [6, 6.07) is 3.40. The predicted molar refractivity (Wildman–Crippen MR) is 50.6 cm³/mol. The Kier molecular flexibility index (Phi) is 3.19. The fourth-order valence-electron chi connectivity index (χ4n) is 1.18. The van der Waals surface area contributed by atoms with Gasteiger partial charge in [0.2, 0.25) is 0 Å². The summed E-state index contributed by atoms with van der Waals surface area (Å²) >= 11 is 0. The molecule has 0 aromatic heterocycles. The molecule has 0 aliphatic heterocycles. The number of benzene rings is 1. The maximum Gasteiger partial charge on any atom is 0.335 e. The van der Waals surface area contributed by atoms with E-state index in [0.717, 1.165) is 6.07 Å². The van der Waals surface area contributed by atoms with Crippen LogP contribution in [0.4, 0.5) is 4.39 Å². The summed E-state index contributed by atoms with van der Waals surface area (Å²) < 4.78 is 13.3. The summed E-state index contributed by atoms with van der Waals surface area (Å²) in [6.07, 6.45) is 0.614. The van der Waals surface area contributed by atoms with Gasteiger partial charge in [-0.3, -0.25) is 0 Å². The van der Waals surface area contributed by atoms with Crippen molar-refractivity contribution in [3.8, 4) is 0 Å². The van der Waals surface area contributed by atoms with E-state index in [-0.39, 0.29) is 11.6 Å². The second-order valence-electron chi connectivity index (χ2n) is 3.06. The van der Waals surface area contributed by atoms with E-state index < -0.39 is 11.8 Å². The number of aromatic carboxylic acids is 1. The van der Waals surface area contributed by atoms with Crippen molar-refractivity contribution in [1.82, 2.24) is 0 Å². The van der Waals surface area contributed by atoms with E-state index in [4.69, 9.17) is 10.8 Å². The molecule has 1 atom stereocenters. The maximum absolute atomic E-state index is 13.3. The standard InChI is InChI=1S/C10H12FNO2/c1-2-9(12)7-4-3-6(10(13)14)5-8(7)11/h3-5,9H,2,12H2,1H3,(H,13,14). The number of carboxylic acid groups (broad SMARTS) is 1. The summed E-state index contributed by atoms with van der Waals surface area (Å²) in [5, 5.41) is 8.60. The molecule has 0 radical (unpaired) electrons. The van der Waals surface area contributed by atoms with Crippen LogP contribution in [0.25, 0.3) is 0 Å². The first-order valence-corrected chi connectivity index (χ1v) is 4.34. The summed E-state index contributed by atoms with van der Waals surface area (Å²) in [5.41, 5.74) is 5.93. The van der Waals surface area contributed by atoms with Gasteiger partial charge in [0.15, 0.2) is 0 Å². The second-order valence-corrected chi connectivity index (χ2v) is 3.06. The molecular weight excluding hydrogens is 185 g/mol. The summed E-state index contributed by atoms with van der Waals surface area (Å²) in [7, 11) is 0. The van der Waals surface area contributed by atoms with Gasteiger partial charge < -0.3 is 10.8 Å². The molecule has 0 aliphatic rings. The number of carbonyl (C=O) groups is 1. The highest BCUT2D eigenvalue weighted by molar-refractivity contribution is 5.87. The Labute approximate surface area is 81.4 Å². The SMILES string of the molecule is CCC(N)c1ccc(C(=O)O)cc1F. The fourth-order valence-corrected chi connectivity index (χ4v) is 1.18. The van der Waals surface area contributed by atoms with Crippen molar-refractivity contribution in [1.29, 1.82) is 0 Å². The average molecular weight is 197 g/mol. The van der Waals surface area contributed by atoms with E-state index in [2.05, 4.69) is 0 Å². The predicted octanol–water partition coefficient (Wildman–Crippen LogP) is 1.93. The fraction of sp³-hybridized carbons (Fsp3) is 0.300. The molecular formula is C10H12FNO2. The summed E-state index contributed by atoms with van der Waals surface area (Å²) in [5.74, 6) is -1.69. The van der Waals surface area contributed by atoms with Crippen LogP contribution < -0.4 is 5.73 Å². The Balaban J connectivity index is 3.07. The highest BCUT2D eigenvalue weighted by Crippen LogP contribution is 2.18. The Morgan fingerprint density at radius 1 is 1.64 bits per heavy atom. The number of hydrogen-bond acceptors (Lipinski definition) is 2. The van der Waals surface area contributed by atoms with Crippen molar-refractivity contribution < 1.29 is 14.3 Å². The molecule has 1 rings (SSSR count). The van der Waals surface area contributed by atoms with Crippen molar-refractivity contribution in [2.24, 2.45) is 5.73 Å². The minimum Gasteiger partial charge on any atom is -0.478 e. The highest BCUT2D eigenvalue weighted by atomic mass is 19.1. The monoisotopic (exact) mass is 197 g/mol. The van der Waals surface area contributed by atoms with Crippen LogP contribution in [0.5, 0.6) is 0 Å². The van der Waals surface area contributed by atoms with Crippen LogP contribution in [-0.4, -0.2) is 11.1 Å². The van der Waals surface area contributed by atoms with Crippen LogP contribution in [0.2, 0.25) is 0 Å². The summed E-state index contributed by atoms with van der Waals surface area (Å²) in [4.78, 5) is 10.5. The lowest BCUT2D eigenvalue weighted by Gasteiger charge is -2.10. The molecule has 0 spiro atoms. The van der Waals surface area contributed by atoms with Crippen LogP contribution in [0, 0.1) is 5.82 Å². The summed E-state index contributed by atoms with van der Waals surface area (Å²) in [6.45, 7) is 1.84. The first-order valence-electron chi connectivity index (χ1n) is 4.34. The van der Waals surface area contributed by atoms with Crippen LogP contribution in [0.1, 0.15) is 35.3 Å². The van der Waals surface area contributed by atoms with Crippen LogP contribution >= 0.6 is 0 Å². The second kappa shape index (κ2) is 4.19. The first-order chi connectivity index (χ1) is 6.56. The molecule has 0 heterocycles. The minimum absolute atomic E-state index is 0.0606. The van der Waals surface area contributed by atoms with Gasteiger partial charge in [-0.15, -0.1) is 0 Å². The molecule has 3 nitrogen and oxygen atoms in total. The number of rotatable bonds is 3. The number of nitrogens with two attached hydrogens (primary N) is 1. The van der Waals surface area contributed by atoms with Crippen molar-refractivity contribution in [2.45, 2.75) is 19.4 Å². The molecule has 1 aromatic rings. The molecule has 3 N–H and O–H groups in total.